The van der Waals surface area contributed by atoms with Crippen molar-refractivity contribution >= 4 is 5.97 Å². The lowest BCUT2D eigenvalue weighted by Crippen LogP contribution is -2.55. The Balaban J connectivity index is 2.39. The summed E-state index contributed by atoms with van der Waals surface area (Å²) in [5.41, 5.74) is 0.905. The summed E-state index contributed by atoms with van der Waals surface area (Å²) in [5, 5.41) is 21.8. The third-order valence-electron chi connectivity index (χ3n) is 6.96. The standard InChI is InChI=1S/C22H32O5/c1-12(2)13-10-14-15(26-5)11-16-21(3,4)8-7-9-22(16,20(25)27-6)17(14)19(24)18(13)23/h10,12,15-16,23-24H,7-9,11H2,1-6H3/t15?,16-,22+/m0/s1. The van der Waals surface area contributed by atoms with Crippen molar-refractivity contribution in [3.63, 3.8) is 0 Å². The number of carbonyl (C=O) groups is 1. The van der Waals surface area contributed by atoms with Gasteiger partial charge >= 0.3 is 5.97 Å². The van der Waals surface area contributed by atoms with Gasteiger partial charge in [-0.3, -0.25) is 4.79 Å². The molecule has 1 saturated carbocycles. The quantitative estimate of drug-likeness (QED) is 0.598. The molecule has 1 aromatic carbocycles. The Morgan fingerprint density at radius 2 is 1.85 bits per heavy atom. The second-order valence-electron chi connectivity index (χ2n) is 9.10. The Kier molecular flexibility index (Phi) is 4.96. The first-order valence-electron chi connectivity index (χ1n) is 9.82. The number of hydrogen-bond acceptors (Lipinski definition) is 5. The van der Waals surface area contributed by atoms with Gasteiger partial charge in [-0.05, 0) is 48.1 Å². The lowest BCUT2D eigenvalue weighted by Gasteiger charge is -2.55. The topological polar surface area (TPSA) is 76.0 Å². The van der Waals surface area contributed by atoms with Crippen molar-refractivity contribution < 1.29 is 24.5 Å². The average molecular weight is 376 g/mol. The zero-order chi connectivity index (χ0) is 20.1. The van der Waals surface area contributed by atoms with Crippen LogP contribution < -0.4 is 0 Å². The predicted molar refractivity (Wildman–Crippen MR) is 103 cm³/mol. The van der Waals surface area contributed by atoms with Gasteiger partial charge in [0.15, 0.2) is 11.5 Å². The molecule has 5 nitrogen and oxygen atoms in total. The number of hydrogen-bond donors (Lipinski definition) is 2. The van der Waals surface area contributed by atoms with E-state index in [0.717, 1.165) is 18.4 Å². The summed E-state index contributed by atoms with van der Waals surface area (Å²) in [7, 11) is 3.06. The van der Waals surface area contributed by atoms with Gasteiger partial charge in [0.25, 0.3) is 0 Å². The number of aromatic hydroxyl groups is 2. The van der Waals surface area contributed by atoms with Crippen LogP contribution in [0.2, 0.25) is 0 Å². The van der Waals surface area contributed by atoms with Crippen LogP contribution in [0.3, 0.4) is 0 Å². The van der Waals surface area contributed by atoms with E-state index in [1.54, 1.807) is 7.11 Å². The first-order valence-corrected chi connectivity index (χ1v) is 9.82. The molecule has 0 heterocycles. The molecule has 0 amide bonds. The Labute approximate surface area is 161 Å². The molecule has 2 aliphatic carbocycles. The number of esters is 1. The smallest absolute Gasteiger partial charge is 0.316 e. The largest absolute Gasteiger partial charge is 0.504 e. The molecule has 150 valence electrons. The number of ether oxygens (including phenoxy) is 2. The van der Waals surface area contributed by atoms with Gasteiger partial charge in [-0.15, -0.1) is 0 Å². The molecular weight excluding hydrogens is 344 g/mol. The molecule has 0 saturated heterocycles. The molecule has 5 heteroatoms. The highest BCUT2D eigenvalue weighted by Gasteiger charge is 2.61. The highest BCUT2D eigenvalue weighted by molar-refractivity contribution is 5.87. The molecule has 0 bridgehead atoms. The van der Waals surface area contributed by atoms with Gasteiger partial charge in [-0.25, -0.2) is 0 Å². The third kappa shape index (κ3) is 2.74. The molecule has 0 aliphatic heterocycles. The lowest BCUT2D eigenvalue weighted by atomic mass is 9.49. The minimum Gasteiger partial charge on any atom is -0.504 e. The second kappa shape index (κ2) is 6.69. The van der Waals surface area contributed by atoms with E-state index in [1.165, 1.54) is 7.11 Å². The van der Waals surface area contributed by atoms with Crippen LogP contribution in [-0.4, -0.2) is 30.4 Å². The second-order valence-corrected chi connectivity index (χ2v) is 9.10. The van der Waals surface area contributed by atoms with E-state index in [2.05, 4.69) is 13.8 Å². The van der Waals surface area contributed by atoms with Gasteiger partial charge in [0, 0.05) is 18.2 Å². The number of fused-ring (bicyclic) bond motifs is 3. The van der Waals surface area contributed by atoms with E-state index < -0.39 is 5.41 Å². The van der Waals surface area contributed by atoms with E-state index in [9.17, 15) is 15.0 Å². The van der Waals surface area contributed by atoms with Crippen molar-refractivity contribution in [1.82, 2.24) is 0 Å². The van der Waals surface area contributed by atoms with Crippen LogP contribution in [0, 0.1) is 11.3 Å². The Bertz CT molecular complexity index is 752. The minimum absolute atomic E-state index is 0.0355. The third-order valence-corrected chi connectivity index (χ3v) is 6.96. The van der Waals surface area contributed by atoms with Gasteiger partial charge in [-0.2, -0.15) is 0 Å². The number of methoxy groups -OCH3 is 2. The molecule has 0 aromatic heterocycles. The van der Waals surface area contributed by atoms with E-state index >= 15 is 0 Å². The highest BCUT2D eigenvalue weighted by atomic mass is 16.5. The van der Waals surface area contributed by atoms with Gasteiger partial charge in [0.05, 0.1) is 13.2 Å². The maximum absolute atomic E-state index is 13.2. The van der Waals surface area contributed by atoms with E-state index in [4.69, 9.17) is 9.47 Å². The predicted octanol–water partition coefficient (Wildman–Crippen LogP) is 4.55. The maximum Gasteiger partial charge on any atom is 0.316 e. The molecule has 3 rings (SSSR count). The number of benzene rings is 1. The fourth-order valence-corrected chi connectivity index (χ4v) is 5.61. The SMILES string of the molecule is COC(=O)[C@]12CCCC(C)(C)[C@@H]1CC(OC)c1cc(C(C)C)c(O)c(O)c12. The monoisotopic (exact) mass is 376 g/mol. The van der Waals surface area contributed by atoms with Crippen LogP contribution >= 0.6 is 0 Å². The fraction of sp³-hybridized carbons (Fsp3) is 0.682. The zero-order valence-electron chi connectivity index (χ0n) is 17.3. The van der Waals surface area contributed by atoms with Gasteiger partial charge in [0.2, 0.25) is 0 Å². The summed E-state index contributed by atoms with van der Waals surface area (Å²) in [6.07, 6.45) is 2.92. The molecule has 2 aliphatic rings. The van der Waals surface area contributed by atoms with Crippen molar-refractivity contribution in [3.8, 4) is 11.5 Å². The van der Waals surface area contributed by atoms with Gasteiger partial charge < -0.3 is 19.7 Å². The summed E-state index contributed by atoms with van der Waals surface area (Å²) < 4.78 is 11.1. The Hall–Kier alpha value is -1.75. The first-order chi connectivity index (χ1) is 12.6. The number of phenolic OH excluding ortho intramolecular Hbond substituents is 2. The van der Waals surface area contributed by atoms with Crippen LogP contribution in [0.5, 0.6) is 11.5 Å². The molecule has 1 unspecified atom stereocenters. The molecule has 0 radical (unpaired) electrons. The lowest BCUT2D eigenvalue weighted by molar-refractivity contribution is -0.158. The normalized spacial score (nSPS) is 29.1. The van der Waals surface area contributed by atoms with Crippen LogP contribution in [0.4, 0.5) is 0 Å². The molecular formula is C22H32O5. The fourth-order valence-electron chi connectivity index (χ4n) is 5.61. The summed E-state index contributed by atoms with van der Waals surface area (Å²) in [6.45, 7) is 8.28. The van der Waals surface area contributed by atoms with Gasteiger partial charge in [0.1, 0.15) is 5.41 Å². The Morgan fingerprint density at radius 1 is 1.19 bits per heavy atom. The van der Waals surface area contributed by atoms with Crippen LogP contribution in [0.25, 0.3) is 0 Å². The first kappa shape index (κ1) is 20.0. The zero-order valence-corrected chi connectivity index (χ0v) is 17.3. The molecule has 1 aromatic rings. The van der Waals surface area contributed by atoms with Crippen molar-refractivity contribution in [1.29, 1.82) is 0 Å². The summed E-state index contributed by atoms with van der Waals surface area (Å²) >= 11 is 0. The number of carbonyl (C=O) groups excluding carboxylic acids is 1. The van der Waals surface area contributed by atoms with Gasteiger partial charge in [-0.1, -0.05) is 34.1 Å². The van der Waals surface area contributed by atoms with Crippen molar-refractivity contribution in [3.05, 3.63) is 22.8 Å². The number of phenols is 2. The molecule has 0 spiro atoms. The molecule has 3 atom stereocenters. The summed E-state index contributed by atoms with van der Waals surface area (Å²) in [6, 6.07) is 1.91. The van der Waals surface area contributed by atoms with Crippen LogP contribution in [-0.2, 0) is 19.7 Å². The summed E-state index contributed by atoms with van der Waals surface area (Å²) in [5.74, 6) is -0.660. The molecule has 27 heavy (non-hydrogen) atoms. The van der Waals surface area contributed by atoms with Crippen molar-refractivity contribution in [2.45, 2.75) is 70.8 Å². The van der Waals surface area contributed by atoms with E-state index in [1.807, 2.05) is 19.9 Å². The van der Waals surface area contributed by atoms with Crippen LogP contribution in [0.15, 0.2) is 6.07 Å². The average Bonchev–Trinajstić information content (AvgIpc) is 2.62. The Morgan fingerprint density at radius 3 is 2.41 bits per heavy atom. The van der Waals surface area contributed by atoms with Crippen molar-refractivity contribution in [2.24, 2.45) is 11.3 Å². The van der Waals surface area contributed by atoms with E-state index in [-0.39, 0.29) is 40.8 Å². The highest BCUT2D eigenvalue weighted by Crippen LogP contribution is 2.63. The van der Waals surface area contributed by atoms with Crippen molar-refractivity contribution in [2.75, 3.05) is 14.2 Å². The summed E-state index contributed by atoms with van der Waals surface area (Å²) in [4.78, 5) is 13.2. The van der Waals surface area contributed by atoms with E-state index in [0.29, 0.717) is 24.0 Å². The number of rotatable bonds is 3. The molecule has 1 fully saturated rings. The minimum atomic E-state index is -0.960. The van der Waals surface area contributed by atoms with Crippen LogP contribution in [0.1, 0.15) is 82.1 Å². The molecule has 2 N–H and O–H groups in total. The maximum atomic E-state index is 13.2.